The zero-order valence-corrected chi connectivity index (χ0v) is 11.3. The molecule has 90 valence electrons. The number of hydrogen-bond acceptors (Lipinski definition) is 4. The number of thiophene rings is 1. The molecule has 1 fully saturated rings. The summed E-state index contributed by atoms with van der Waals surface area (Å²) in [4.78, 5) is 2.56. The summed E-state index contributed by atoms with van der Waals surface area (Å²) in [5.74, 6) is 2.63. The van der Waals surface area contributed by atoms with Crippen molar-refractivity contribution < 1.29 is 0 Å². The molecule has 1 aromatic rings. The van der Waals surface area contributed by atoms with Crippen molar-refractivity contribution in [3.05, 3.63) is 22.4 Å². The summed E-state index contributed by atoms with van der Waals surface area (Å²) < 4.78 is 0. The molecule has 0 atom stereocenters. The molecule has 0 aromatic carbocycles. The molecular weight excluding hydrogens is 236 g/mol. The zero-order chi connectivity index (χ0) is 11.1. The molecule has 2 nitrogen and oxygen atoms in total. The molecule has 0 spiro atoms. The van der Waals surface area contributed by atoms with Crippen LogP contribution in [0.25, 0.3) is 0 Å². The molecule has 0 bridgehead atoms. The molecule has 0 saturated carbocycles. The maximum absolute atomic E-state index is 3.53. The van der Waals surface area contributed by atoms with Crippen molar-refractivity contribution in [2.45, 2.75) is 6.42 Å². The van der Waals surface area contributed by atoms with E-state index in [1.165, 1.54) is 43.1 Å². The van der Waals surface area contributed by atoms with Crippen molar-refractivity contribution in [3.63, 3.8) is 0 Å². The molecule has 0 radical (unpaired) electrons. The summed E-state index contributed by atoms with van der Waals surface area (Å²) in [6.07, 6.45) is 1.17. The van der Waals surface area contributed by atoms with E-state index in [0.717, 1.165) is 13.1 Å². The van der Waals surface area contributed by atoms with E-state index in [2.05, 4.69) is 38.8 Å². The van der Waals surface area contributed by atoms with Gasteiger partial charge in [0, 0.05) is 37.7 Å². The highest BCUT2D eigenvalue weighted by atomic mass is 32.2. The Morgan fingerprint density at radius 2 is 2.12 bits per heavy atom. The van der Waals surface area contributed by atoms with Crippen molar-refractivity contribution in [1.82, 2.24) is 10.2 Å². The van der Waals surface area contributed by atoms with E-state index < -0.39 is 0 Å². The second-order valence-electron chi connectivity index (χ2n) is 4.09. The van der Waals surface area contributed by atoms with Crippen LogP contribution in [-0.4, -0.2) is 49.1 Å². The number of thioether (sulfide) groups is 1. The van der Waals surface area contributed by atoms with Gasteiger partial charge in [0.1, 0.15) is 0 Å². The Bertz CT molecular complexity index is 269. The number of rotatable bonds is 6. The molecule has 1 N–H and O–H groups in total. The van der Waals surface area contributed by atoms with E-state index in [-0.39, 0.29) is 0 Å². The number of nitrogens with zero attached hydrogens (tertiary/aromatic N) is 1. The van der Waals surface area contributed by atoms with Gasteiger partial charge in [-0.2, -0.15) is 23.1 Å². The molecule has 2 heterocycles. The van der Waals surface area contributed by atoms with Crippen LogP contribution >= 0.6 is 23.1 Å². The van der Waals surface area contributed by atoms with Crippen LogP contribution in [0, 0.1) is 0 Å². The minimum Gasteiger partial charge on any atom is -0.315 e. The first-order chi connectivity index (χ1) is 7.95. The average molecular weight is 256 g/mol. The maximum Gasteiger partial charge on any atom is 0.0107 e. The van der Waals surface area contributed by atoms with Gasteiger partial charge in [-0.3, -0.25) is 0 Å². The van der Waals surface area contributed by atoms with Gasteiger partial charge in [-0.1, -0.05) is 0 Å². The van der Waals surface area contributed by atoms with Crippen LogP contribution in [0.1, 0.15) is 5.56 Å². The van der Waals surface area contributed by atoms with E-state index in [9.17, 15) is 0 Å². The van der Waals surface area contributed by atoms with Crippen LogP contribution in [0.4, 0.5) is 0 Å². The van der Waals surface area contributed by atoms with E-state index in [0.29, 0.717) is 0 Å². The Kier molecular flexibility index (Phi) is 5.69. The first kappa shape index (κ1) is 12.4. The monoisotopic (exact) mass is 256 g/mol. The normalized spacial score (nSPS) is 17.8. The van der Waals surface area contributed by atoms with Crippen molar-refractivity contribution >= 4 is 23.1 Å². The predicted molar refractivity (Wildman–Crippen MR) is 74.7 cm³/mol. The molecule has 4 heteroatoms. The molecule has 0 amide bonds. The third-order valence-corrected chi connectivity index (χ3v) is 4.55. The van der Waals surface area contributed by atoms with Gasteiger partial charge in [0.25, 0.3) is 0 Å². The largest absolute Gasteiger partial charge is 0.315 e. The van der Waals surface area contributed by atoms with Crippen LogP contribution < -0.4 is 5.32 Å². The molecule has 1 saturated heterocycles. The Hall–Kier alpha value is -0.0300. The fourth-order valence-electron chi connectivity index (χ4n) is 1.85. The average Bonchev–Trinajstić information content (AvgIpc) is 2.83. The van der Waals surface area contributed by atoms with Gasteiger partial charge >= 0.3 is 0 Å². The highest BCUT2D eigenvalue weighted by Gasteiger charge is 2.08. The first-order valence-corrected chi connectivity index (χ1v) is 8.07. The maximum atomic E-state index is 3.53. The van der Waals surface area contributed by atoms with Gasteiger partial charge in [-0.15, -0.1) is 0 Å². The zero-order valence-electron chi connectivity index (χ0n) is 9.65. The van der Waals surface area contributed by atoms with Crippen molar-refractivity contribution in [3.8, 4) is 0 Å². The third kappa shape index (κ3) is 4.45. The van der Waals surface area contributed by atoms with Crippen molar-refractivity contribution in [2.24, 2.45) is 0 Å². The van der Waals surface area contributed by atoms with Crippen molar-refractivity contribution in [1.29, 1.82) is 0 Å². The highest BCUT2D eigenvalue weighted by molar-refractivity contribution is 7.99. The quantitative estimate of drug-likeness (QED) is 0.783. The standard InChI is InChI=1S/C12H20N2S2/c1(12-2-8-16-11-12)3-13-4-5-14-6-9-15-10-7-14/h2,8,11,13H,1,3-7,9-10H2. The number of nitrogens with one attached hydrogen (secondary N) is 1. The predicted octanol–water partition coefficient (Wildman–Crippen LogP) is 1.93. The molecule has 0 aliphatic carbocycles. The van der Waals surface area contributed by atoms with Crippen LogP contribution in [0.2, 0.25) is 0 Å². The first-order valence-electron chi connectivity index (χ1n) is 5.97. The minimum absolute atomic E-state index is 1.11. The summed E-state index contributed by atoms with van der Waals surface area (Å²) in [5.41, 5.74) is 1.46. The van der Waals surface area contributed by atoms with Crippen LogP contribution in [0.15, 0.2) is 16.8 Å². The lowest BCUT2D eigenvalue weighted by atomic mass is 10.2. The molecule has 0 unspecified atom stereocenters. The molecule has 1 aliphatic rings. The van der Waals surface area contributed by atoms with Gasteiger partial charge in [-0.05, 0) is 35.4 Å². The second-order valence-corrected chi connectivity index (χ2v) is 6.09. The lowest BCUT2D eigenvalue weighted by molar-refractivity contribution is 0.301. The van der Waals surface area contributed by atoms with Crippen molar-refractivity contribution in [2.75, 3.05) is 44.2 Å². The summed E-state index contributed by atoms with van der Waals surface area (Å²) in [6, 6.07) is 2.22. The second kappa shape index (κ2) is 7.33. The fourth-order valence-corrected chi connectivity index (χ4v) is 3.54. The summed E-state index contributed by atoms with van der Waals surface area (Å²) >= 11 is 3.87. The number of hydrogen-bond donors (Lipinski definition) is 1. The highest BCUT2D eigenvalue weighted by Crippen LogP contribution is 2.08. The molecule has 1 aliphatic heterocycles. The lowest BCUT2D eigenvalue weighted by Crippen LogP contribution is -2.38. The van der Waals surface area contributed by atoms with Gasteiger partial charge in [0.15, 0.2) is 0 Å². The summed E-state index contributed by atoms with van der Waals surface area (Å²) in [6.45, 7) is 6.01. The summed E-state index contributed by atoms with van der Waals surface area (Å²) in [7, 11) is 0. The van der Waals surface area contributed by atoms with E-state index in [4.69, 9.17) is 0 Å². The van der Waals surface area contributed by atoms with Crippen LogP contribution in [-0.2, 0) is 6.42 Å². The van der Waals surface area contributed by atoms with E-state index in [1.807, 2.05) is 0 Å². The Morgan fingerprint density at radius 1 is 1.25 bits per heavy atom. The topological polar surface area (TPSA) is 15.3 Å². The van der Waals surface area contributed by atoms with E-state index >= 15 is 0 Å². The smallest absolute Gasteiger partial charge is 0.0107 e. The van der Waals surface area contributed by atoms with Gasteiger partial charge in [0.2, 0.25) is 0 Å². The van der Waals surface area contributed by atoms with E-state index in [1.54, 1.807) is 11.3 Å². The van der Waals surface area contributed by atoms with Gasteiger partial charge < -0.3 is 10.2 Å². The Morgan fingerprint density at radius 3 is 2.88 bits per heavy atom. The van der Waals surface area contributed by atoms with Gasteiger partial charge in [-0.25, -0.2) is 0 Å². The third-order valence-electron chi connectivity index (χ3n) is 2.88. The fraction of sp³-hybridized carbons (Fsp3) is 0.667. The minimum atomic E-state index is 1.11. The SMILES string of the molecule is c1cc(CCNCCN2CCSCC2)cs1. The molecule has 1 aromatic heterocycles. The van der Waals surface area contributed by atoms with Crippen LogP contribution in [0.5, 0.6) is 0 Å². The molecular formula is C12H20N2S2. The Labute approximate surface area is 106 Å². The lowest BCUT2D eigenvalue weighted by Gasteiger charge is -2.26. The summed E-state index contributed by atoms with van der Waals surface area (Å²) in [5, 5.41) is 7.92. The Balaban J connectivity index is 1.48. The van der Waals surface area contributed by atoms with Crippen LogP contribution in [0.3, 0.4) is 0 Å². The molecule has 16 heavy (non-hydrogen) atoms. The molecule has 2 rings (SSSR count). The van der Waals surface area contributed by atoms with Gasteiger partial charge in [0.05, 0.1) is 0 Å².